The molecule has 0 saturated heterocycles. The average Bonchev–Trinajstić information content (AvgIpc) is 2.33. The van der Waals surface area contributed by atoms with E-state index in [1.165, 1.54) is 0 Å². The molecule has 0 radical (unpaired) electrons. The largest absolute Gasteiger partial charge is 0.481 e. The molecule has 0 aliphatic rings. The Morgan fingerprint density at radius 3 is 2.00 bits per heavy atom. The molecule has 2 atom stereocenters. The van der Waals surface area contributed by atoms with Crippen LogP contribution in [0, 0.1) is 0 Å². The molecule has 0 aromatic rings. The van der Waals surface area contributed by atoms with Crippen molar-refractivity contribution in [2.24, 2.45) is 5.73 Å². The van der Waals surface area contributed by atoms with Crippen molar-refractivity contribution < 1.29 is 34.5 Å². The quantitative estimate of drug-likeness (QED) is 0.264. The van der Waals surface area contributed by atoms with Crippen molar-refractivity contribution >= 4 is 23.8 Å². The number of carboxylic acid groups (broad SMARTS) is 2. The molecule has 0 fully saturated rings. The number of hydrogen-bond donors (Lipinski definition) is 6. The van der Waals surface area contributed by atoms with E-state index < -0.39 is 55.4 Å². The van der Waals surface area contributed by atoms with Gasteiger partial charge >= 0.3 is 11.9 Å². The Labute approximate surface area is 107 Å². The van der Waals surface area contributed by atoms with Gasteiger partial charge in [-0.3, -0.25) is 14.4 Å². The fourth-order valence-corrected chi connectivity index (χ4v) is 1.09. The molecular weight excluding hydrogens is 262 g/mol. The van der Waals surface area contributed by atoms with Gasteiger partial charge in [-0.2, -0.15) is 0 Å². The third-order valence-corrected chi connectivity index (χ3v) is 2.01. The molecule has 0 aromatic heterocycles. The summed E-state index contributed by atoms with van der Waals surface area (Å²) >= 11 is 0. The molecular formula is C9H15N3O7. The predicted molar refractivity (Wildman–Crippen MR) is 59.9 cm³/mol. The van der Waals surface area contributed by atoms with Crippen LogP contribution in [0.15, 0.2) is 0 Å². The van der Waals surface area contributed by atoms with Gasteiger partial charge in [0.25, 0.3) is 0 Å². The van der Waals surface area contributed by atoms with E-state index in [4.69, 9.17) is 21.1 Å². The van der Waals surface area contributed by atoms with Crippen LogP contribution in [0.5, 0.6) is 0 Å². The van der Waals surface area contributed by atoms with Crippen LogP contribution in [0.2, 0.25) is 0 Å². The number of carbonyl (C=O) groups is 4. The number of rotatable bonds is 8. The van der Waals surface area contributed by atoms with E-state index in [0.29, 0.717) is 0 Å². The van der Waals surface area contributed by atoms with Crippen LogP contribution < -0.4 is 16.4 Å². The van der Waals surface area contributed by atoms with E-state index in [1.807, 2.05) is 10.6 Å². The second-order valence-electron chi connectivity index (χ2n) is 3.50. The molecule has 0 bridgehead atoms. The van der Waals surface area contributed by atoms with Crippen molar-refractivity contribution in [2.45, 2.75) is 18.5 Å². The van der Waals surface area contributed by atoms with Gasteiger partial charge in [0.05, 0.1) is 19.6 Å². The normalized spacial score (nSPS) is 13.2. The maximum Gasteiger partial charge on any atom is 0.326 e. The van der Waals surface area contributed by atoms with Gasteiger partial charge < -0.3 is 31.7 Å². The summed E-state index contributed by atoms with van der Waals surface area (Å²) in [6.45, 7) is -1.20. The summed E-state index contributed by atoms with van der Waals surface area (Å²) in [7, 11) is 0. The second kappa shape index (κ2) is 8.00. The molecule has 0 aliphatic heterocycles. The highest BCUT2D eigenvalue weighted by molar-refractivity contribution is 5.92. The molecule has 0 aliphatic carbocycles. The molecule has 7 N–H and O–H groups in total. The maximum atomic E-state index is 11.5. The zero-order valence-electron chi connectivity index (χ0n) is 9.83. The van der Waals surface area contributed by atoms with E-state index in [0.717, 1.165) is 0 Å². The van der Waals surface area contributed by atoms with Crippen LogP contribution in [-0.2, 0) is 19.2 Å². The number of amides is 2. The van der Waals surface area contributed by atoms with Gasteiger partial charge in [-0.15, -0.1) is 0 Å². The van der Waals surface area contributed by atoms with E-state index in [9.17, 15) is 19.2 Å². The lowest BCUT2D eigenvalue weighted by atomic mass is 10.2. The van der Waals surface area contributed by atoms with Gasteiger partial charge in [-0.1, -0.05) is 0 Å². The molecule has 19 heavy (non-hydrogen) atoms. The van der Waals surface area contributed by atoms with Crippen LogP contribution in [0.4, 0.5) is 0 Å². The van der Waals surface area contributed by atoms with Crippen LogP contribution in [0.25, 0.3) is 0 Å². The zero-order valence-corrected chi connectivity index (χ0v) is 9.83. The van der Waals surface area contributed by atoms with Crippen molar-refractivity contribution in [3.63, 3.8) is 0 Å². The number of nitrogens with two attached hydrogens (primary N) is 1. The highest BCUT2D eigenvalue weighted by atomic mass is 16.4. The fourth-order valence-electron chi connectivity index (χ4n) is 1.09. The SMILES string of the molecule is NCC(=O)NC(CO)C(=O)NC(CC(=O)O)C(=O)O. The number of aliphatic carboxylic acids is 2. The van der Waals surface area contributed by atoms with Crippen LogP contribution in [0.1, 0.15) is 6.42 Å². The Hall–Kier alpha value is -2.20. The molecule has 0 aromatic carbocycles. The standard InChI is InChI=1S/C9H15N3O7/c10-2-6(14)11-5(3-13)8(17)12-4(9(18)19)1-7(15)16/h4-5,13H,1-3,10H2,(H,11,14)(H,12,17)(H,15,16)(H,18,19). The first-order valence-corrected chi connectivity index (χ1v) is 5.17. The summed E-state index contributed by atoms with van der Waals surface area (Å²) in [6.07, 6.45) is -0.829. The summed E-state index contributed by atoms with van der Waals surface area (Å²) in [5, 5.41) is 30.0. The smallest absolute Gasteiger partial charge is 0.326 e. The Morgan fingerprint density at radius 1 is 1.05 bits per heavy atom. The lowest BCUT2D eigenvalue weighted by Crippen LogP contribution is -2.54. The first-order chi connectivity index (χ1) is 8.81. The monoisotopic (exact) mass is 277 g/mol. The predicted octanol–water partition coefficient (Wildman–Crippen LogP) is -3.53. The van der Waals surface area contributed by atoms with Crippen LogP contribution >= 0.6 is 0 Å². The molecule has 0 spiro atoms. The Bertz CT molecular complexity index is 371. The number of carbonyl (C=O) groups excluding carboxylic acids is 2. The fraction of sp³-hybridized carbons (Fsp3) is 0.556. The summed E-state index contributed by atoms with van der Waals surface area (Å²) in [6, 6.07) is -3.06. The van der Waals surface area contributed by atoms with E-state index >= 15 is 0 Å². The van der Waals surface area contributed by atoms with Crippen molar-refractivity contribution in [1.29, 1.82) is 0 Å². The van der Waals surface area contributed by atoms with Gasteiger partial charge in [0.1, 0.15) is 12.1 Å². The van der Waals surface area contributed by atoms with Crippen LogP contribution in [0.3, 0.4) is 0 Å². The highest BCUT2D eigenvalue weighted by Crippen LogP contribution is 1.95. The number of nitrogens with one attached hydrogen (secondary N) is 2. The van der Waals surface area contributed by atoms with E-state index in [2.05, 4.69) is 0 Å². The molecule has 2 unspecified atom stereocenters. The maximum absolute atomic E-state index is 11.5. The lowest BCUT2D eigenvalue weighted by molar-refractivity contribution is -0.147. The highest BCUT2D eigenvalue weighted by Gasteiger charge is 2.27. The minimum Gasteiger partial charge on any atom is -0.481 e. The van der Waals surface area contributed by atoms with Crippen LogP contribution in [-0.4, -0.2) is 64.3 Å². The van der Waals surface area contributed by atoms with Gasteiger partial charge in [0, 0.05) is 0 Å². The number of aliphatic hydroxyl groups excluding tert-OH is 1. The van der Waals surface area contributed by atoms with Crippen molar-refractivity contribution in [3.05, 3.63) is 0 Å². The Balaban J connectivity index is 4.63. The molecule has 2 amide bonds. The number of hydrogen-bond acceptors (Lipinski definition) is 6. The molecule has 10 nitrogen and oxygen atoms in total. The van der Waals surface area contributed by atoms with Crippen molar-refractivity contribution in [3.8, 4) is 0 Å². The number of carboxylic acids is 2. The molecule has 0 saturated carbocycles. The Morgan fingerprint density at radius 2 is 1.63 bits per heavy atom. The van der Waals surface area contributed by atoms with Gasteiger partial charge in [-0.05, 0) is 0 Å². The summed E-state index contributed by atoms with van der Waals surface area (Å²) in [5.74, 6) is -4.70. The number of aliphatic hydroxyl groups is 1. The van der Waals surface area contributed by atoms with Gasteiger partial charge in [0.15, 0.2) is 0 Å². The lowest BCUT2D eigenvalue weighted by Gasteiger charge is -2.18. The van der Waals surface area contributed by atoms with E-state index in [-0.39, 0.29) is 0 Å². The third-order valence-electron chi connectivity index (χ3n) is 2.01. The zero-order chi connectivity index (χ0) is 15.0. The second-order valence-corrected chi connectivity index (χ2v) is 3.50. The van der Waals surface area contributed by atoms with Crippen molar-refractivity contribution in [1.82, 2.24) is 10.6 Å². The summed E-state index contributed by atoms with van der Waals surface area (Å²) in [4.78, 5) is 43.6. The Kier molecular flexibility index (Phi) is 7.07. The van der Waals surface area contributed by atoms with Gasteiger partial charge in [-0.25, -0.2) is 4.79 Å². The molecule has 108 valence electrons. The summed E-state index contributed by atoms with van der Waals surface area (Å²) < 4.78 is 0. The molecule has 0 rings (SSSR count). The molecule has 10 heteroatoms. The topological polar surface area (TPSA) is 179 Å². The average molecular weight is 277 g/mol. The minimum atomic E-state index is -1.66. The van der Waals surface area contributed by atoms with Crippen molar-refractivity contribution in [2.75, 3.05) is 13.2 Å². The molecule has 0 heterocycles. The minimum absolute atomic E-state index is 0.415. The summed E-state index contributed by atoms with van der Waals surface area (Å²) in [5.41, 5.74) is 4.99. The first-order valence-electron chi connectivity index (χ1n) is 5.17. The first kappa shape index (κ1) is 16.8. The third kappa shape index (κ3) is 6.33. The van der Waals surface area contributed by atoms with E-state index in [1.54, 1.807) is 0 Å². The van der Waals surface area contributed by atoms with Gasteiger partial charge in [0.2, 0.25) is 11.8 Å².